The van der Waals surface area contributed by atoms with Gasteiger partial charge in [-0.1, -0.05) is 13.0 Å². The van der Waals surface area contributed by atoms with Gasteiger partial charge >= 0.3 is 0 Å². The molecule has 1 amide bonds. The normalized spacial score (nSPS) is 16.5. The molecular formula is C16H20N2O4S2. The summed E-state index contributed by atoms with van der Waals surface area (Å²) in [5.74, 6) is 1.01. The number of carbonyl (C=O) groups is 1. The summed E-state index contributed by atoms with van der Waals surface area (Å²) >= 11 is 1.20. The molecular weight excluding hydrogens is 348 g/mol. The zero-order valence-corrected chi connectivity index (χ0v) is 15.0. The zero-order chi connectivity index (χ0) is 17.2. The number of aryl methyl sites for hydroxylation is 1. The van der Waals surface area contributed by atoms with Crippen molar-refractivity contribution in [2.24, 2.45) is 0 Å². The number of furan rings is 1. The predicted molar refractivity (Wildman–Crippen MR) is 91.7 cm³/mol. The maximum atomic E-state index is 12.4. The molecule has 0 atom stereocenters. The van der Waals surface area contributed by atoms with Crippen molar-refractivity contribution in [3.8, 4) is 0 Å². The van der Waals surface area contributed by atoms with E-state index in [1.54, 1.807) is 28.5 Å². The Morgan fingerprint density at radius 2 is 2.08 bits per heavy atom. The van der Waals surface area contributed by atoms with Gasteiger partial charge in [-0.3, -0.25) is 4.79 Å². The Morgan fingerprint density at radius 1 is 1.33 bits per heavy atom. The van der Waals surface area contributed by atoms with E-state index >= 15 is 0 Å². The minimum Gasteiger partial charge on any atom is -0.456 e. The molecule has 0 aliphatic carbocycles. The topological polar surface area (TPSA) is 79.6 Å². The van der Waals surface area contributed by atoms with Gasteiger partial charge in [0.2, 0.25) is 10.0 Å². The van der Waals surface area contributed by atoms with E-state index in [-0.39, 0.29) is 11.9 Å². The number of likely N-dealkylation sites (tertiary alicyclic amines) is 1. The van der Waals surface area contributed by atoms with Crippen LogP contribution in [0.1, 0.15) is 36.1 Å². The molecule has 1 saturated heterocycles. The molecule has 0 radical (unpaired) electrons. The maximum Gasteiger partial charge on any atom is 0.289 e. The van der Waals surface area contributed by atoms with E-state index in [9.17, 15) is 13.2 Å². The van der Waals surface area contributed by atoms with Crippen LogP contribution in [0.15, 0.2) is 38.3 Å². The van der Waals surface area contributed by atoms with Gasteiger partial charge in [0.1, 0.15) is 9.97 Å². The van der Waals surface area contributed by atoms with E-state index in [1.165, 1.54) is 11.3 Å². The molecule has 6 nitrogen and oxygen atoms in total. The van der Waals surface area contributed by atoms with Crippen LogP contribution in [-0.2, 0) is 16.4 Å². The Bertz CT molecular complexity index is 788. The highest BCUT2D eigenvalue weighted by Gasteiger charge is 2.28. The van der Waals surface area contributed by atoms with Crippen LogP contribution in [0.3, 0.4) is 0 Å². The van der Waals surface area contributed by atoms with Crippen molar-refractivity contribution in [2.75, 3.05) is 13.1 Å². The molecule has 1 fully saturated rings. The monoisotopic (exact) mass is 368 g/mol. The van der Waals surface area contributed by atoms with Gasteiger partial charge in [-0.25, -0.2) is 13.1 Å². The zero-order valence-electron chi connectivity index (χ0n) is 13.4. The highest BCUT2D eigenvalue weighted by molar-refractivity contribution is 7.91. The summed E-state index contributed by atoms with van der Waals surface area (Å²) in [5, 5.41) is 1.74. The number of carbonyl (C=O) groups excluding carboxylic acids is 1. The first-order chi connectivity index (χ1) is 11.5. The van der Waals surface area contributed by atoms with Crippen LogP contribution >= 0.6 is 11.3 Å². The van der Waals surface area contributed by atoms with E-state index in [2.05, 4.69) is 4.72 Å². The van der Waals surface area contributed by atoms with Crippen LogP contribution in [0.4, 0.5) is 0 Å². The number of thiophene rings is 1. The molecule has 1 aliphatic heterocycles. The number of hydrogen-bond acceptors (Lipinski definition) is 5. The van der Waals surface area contributed by atoms with Gasteiger partial charge in [0.15, 0.2) is 5.76 Å². The second kappa shape index (κ2) is 7.08. The fraction of sp³-hybridized carbons (Fsp3) is 0.438. The fourth-order valence-corrected chi connectivity index (χ4v) is 5.05. The Kier molecular flexibility index (Phi) is 5.07. The average molecular weight is 368 g/mol. The quantitative estimate of drug-likeness (QED) is 0.879. The van der Waals surface area contributed by atoms with Crippen molar-refractivity contribution in [3.63, 3.8) is 0 Å². The molecule has 0 unspecified atom stereocenters. The van der Waals surface area contributed by atoms with Crippen molar-refractivity contribution in [1.82, 2.24) is 9.62 Å². The van der Waals surface area contributed by atoms with Crippen LogP contribution in [0, 0.1) is 0 Å². The third kappa shape index (κ3) is 3.71. The van der Waals surface area contributed by atoms with Gasteiger partial charge in [0.05, 0.1) is 0 Å². The molecule has 2 aromatic rings. The molecule has 3 rings (SSSR count). The first kappa shape index (κ1) is 17.2. The lowest BCUT2D eigenvalue weighted by atomic mass is 10.1. The molecule has 0 spiro atoms. The Morgan fingerprint density at radius 3 is 2.67 bits per heavy atom. The van der Waals surface area contributed by atoms with Crippen LogP contribution in [-0.4, -0.2) is 38.4 Å². The molecule has 2 aromatic heterocycles. The Hall–Kier alpha value is -1.64. The molecule has 3 heterocycles. The largest absolute Gasteiger partial charge is 0.456 e. The summed E-state index contributed by atoms with van der Waals surface area (Å²) in [7, 11) is -3.46. The van der Waals surface area contributed by atoms with Crippen molar-refractivity contribution >= 4 is 27.3 Å². The summed E-state index contributed by atoms with van der Waals surface area (Å²) < 4.78 is 33.0. The third-order valence-electron chi connectivity index (χ3n) is 4.08. The van der Waals surface area contributed by atoms with Gasteiger partial charge in [0, 0.05) is 25.6 Å². The Labute approximate surface area is 145 Å². The number of sulfonamides is 1. The van der Waals surface area contributed by atoms with Crippen LogP contribution < -0.4 is 4.72 Å². The molecule has 0 saturated carbocycles. The second-order valence-corrected chi connectivity index (χ2v) is 8.63. The lowest BCUT2D eigenvalue weighted by Crippen LogP contribution is -2.46. The average Bonchev–Trinajstić information content (AvgIpc) is 3.26. The first-order valence-electron chi connectivity index (χ1n) is 7.93. The van der Waals surface area contributed by atoms with E-state index in [0.717, 1.165) is 12.2 Å². The third-order valence-corrected chi connectivity index (χ3v) is 7.00. The fourth-order valence-electron chi connectivity index (χ4n) is 2.73. The summed E-state index contributed by atoms with van der Waals surface area (Å²) in [6.07, 6.45) is 1.94. The smallest absolute Gasteiger partial charge is 0.289 e. The van der Waals surface area contributed by atoms with Gasteiger partial charge in [-0.05, 0) is 36.4 Å². The lowest BCUT2D eigenvalue weighted by molar-refractivity contribution is 0.0677. The molecule has 1 N–H and O–H groups in total. The lowest BCUT2D eigenvalue weighted by Gasteiger charge is -2.31. The van der Waals surface area contributed by atoms with Crippen LogP contribution in [0.2, 0.25) is 0 Å². The standard InChI is InChI=1S/C16H20N2O4S2/c1-2-13-5-6-14(22-13)16(19)18-9-7-12(8-10-18)17-24(20,21)15-4-3-11-23-15/h3-6,11-12,17H,2,7-10H2,1H3. The van der Waals surface area contributed by atoms with Gasteiger partial charge < -0.3 is 9.32 Å². The van der Waals surface area contributed by atoms with Crippen LogP contribution in [0.5, 0.6) is 0 Å². The number of nitrogens with one attached hydrogen (secondary N) is 1. The number of rotatable bonds is 5. The van der Waals surface area contributed by atoms with E-state index in [1.807, 2.05) is 13.0 Å². The van der Waals surface area contributed by atoms with Gasteiger partial charge in [-0.15, -0.1) is 11.3 Å². The summed E-state index contributed by atoms with van der Waals surface area (Å²) in [4.78, 5) is 14.1. The number of piperidine rings is 1. The van der Waals surface area contributed by atoms with Gasteiger partial charge in [0.25, 0.3) is 5.91 Å². The SMILES string of the molecule is CCc1ccc(C(=O)N2CCC(NS(=O)(=O)c3cccs3)CC2)o1. The minimum atomic E-state index is -3.46. The predicted octanol–water partition coefficient (Wildman–Crippen LogP) is 2.49. The van der Waals surface area contributed by atoms with E-state index < -0.39 is 10.0 Å². The second-order valence-electron chi connectivity index (χ2n) is 5.74. The number of hydrogen-bond donors (Lipinski definition) is 1. The summed E-state index contributed by atoms with van der Waals surface area (Å²) in [5.41, 5.74) is 0. The highest BCUT2D eigenvalue weighted by Crippen LogP contribution is 2.20. The van der Waals surface area contributed by atoms with Crippen molar-refractivity contribution in [3.05, 3.63) is 41.2 Å². The van der Waals surface area contributed by atoms with E-state index in [0.29, 0.717) is 35.9 Å². The minimum absolute atomic E-state index is 0.130. The van der Waals surface area contributed by atoms with Crippen molar-refractivity contribution in [1.29, 1.82) is 0 Å². The van der Waals surface area contributed by atoms with E-state index in [4.69, 9.17) is 4.42 Å². The first-order valence-corrected chi connectivity index (χ1v) is 10.3. The molecule has 1 aliphatic rings. The van der Waals surface area contributed by atoms with Crippen LogP contribution in [0.25, 0.3) is 0 Å². The number of nitrogens with zero attached hydrogens (tertiary/aromatic N) is 1. The summed E-state index contributed by atoms with van der Waals surface area (Å²) in [6, 6.07) is 6.67. The maximum absolute atomic E-state index is 12.4. The molecule has 8 heteroatoms. The Balaban J connectivity index is 1.57. The molecule has 0 bridgehead atoms. The summed E-state index contributed by atoms with van der Waals surface area (Å²) in [6.45, 7) is 3.00. The van der Waals surface area contributed by atoms with Crippen molar-refractivity contribution in [2.45, 2.75) is 36.4 Å². The molecule has 0 aromatic carbocycles. The van der Waals surface area contributed by atoms with Gasteiger partial charge in [-0.2, -0.15) is 0 Å². The van der Waals surface area contributed by atoms with Crippen molar-refractivity contribution < 1.29 is 17.6 Å². The molecule has 130 valence electrons. The highest BCUT2D eigenvalue weighted by atomic mass is 32.2. The number of amides is 1. The molecule has 24 heavy (non-hydrogen) atoms.